The molecule has 1 aromatic heterocycles. The number of hydrogen-bond donors (Lipinski definition) is 1. The Morgan fingerprint density at radius 1 is 1.32 bits per heavy atom. The van der Waals surface area contributed by atoms with E-state index in [9.17, 15) is 0 Å². The van der Waals surface area contributed by atoms with Crippen molar-refractivity contribution in [1.29, 1.82) is 0 Å². The minimum atomic E-state index is 0.677. The zero-order chi connectivity index (χ0) is 12.9. The van der Waals surface area contributed by atoms with Gasteiger partial charge in [-0.05, 0) is 42.5 Å². The Kier molecular flexibility index (Phi) is 4.06. The lowest BCUT2D eigenvalue weighted by Gasteiger charge is -2.22. The van der Waals surface area contributed by atoms with E-state index in [1.165, 1.54) is 23.8 Å². The number of rotatable bonds is 4. The summed E-state index contributed by atoms with van der Waals surface area (Å²) in [5.74, 6) is 0.677. The van der Waals surface area contributed by atoms with Gasteiger partial charge in [0.15, 0.2) is 0 Å². The molecule has 0 bridgehead atoms. The third kappa shape index (κ3) is 3.31. The average Bonchev–Trinajstić information content (AvgIpc) is 2.48. The maximum atomic E-state index is 5.49. The normalized spacial score (nSPS) is 19.7. The second-order valence-corrected chi connectivity index (χ2v) is 5.24. The first-order chi connectivity index (χ1) is 9.42. The predicted octanol–water partition coefficient (Wildman–Crippen LogP) is 2.75. The third-order valence-corrected chi connectivity index (χ3v) is 3.68. The maximum Gasteiger partial charge on any atom is 0.0702 e. The van der Waals surface area contributed by atoms with Crippen LogP contribution in [0.15, 0.2) is 36.5 Å². The maximum absolute atomic E-state index is 5.49. The van der Waals surface area contributed by atoms with Gasteiger partial charge >= 0.3 is 0 Å². The Hall–Kier alpha value is -1.45. The first-order valence-electron chi connectivity index (χ1n) is 7.04. The van der Waals surface area contributed by atoms with E-state index in [1.54, 1.807) is 0 Å². The van der Waals surface area contributed by atoms with Crippen LogP contribution < -0.4 is 5.32 Å². The molecule has 0 amide bonds. The number of benzene rings is 1. The van der Waals surface area contributed by atoms with Crippen molar-refractivity contribution < 1.29 is 4.74 Å². The van der Waals surface area contributed by atoms with Crippen molar-refractivity contribution in [2.75, 3.05) is 19.8 Å². The van der Waals surface area contributed by atoms with Gasteiger partial charge < -0.3 is 10.1 Å². The van der Waals surface area contributed by atoms with E-state index < -0.39 is 0 Å². The number of nitrogens with one attached hydrogen (secondary N) is 1. The SMILES string of the molecule is c1cnc2ccc(CNCC3CCCOC3)cc2c1. The first kappa shape index (κ1) is 12.6. The molecule has 1 atom stereocenters. The lowest BCUT2D eigenvalue weighted by molar-refractivity contribution is 0.0547. The monoisotopic (exact) mass is 256 g/mol. The molecule has 2 aromatic rings. The Morgan fingerprint density at radius 3 is 3.21 bits per heavy atom. The van der Waals surface area contributed by atoms with E-state index in [1.807, 2.05) is 12.3 Å². The van der Waals surface area contributed by atoms with Gasteiger partial charge in [0.05, 0.1) is 12.1 Å². The molecule has 3 nitrogen and oxygen atoms in total. The van der Waals surface area contributed by atoms with Crippen molar-refractivity contribution in [3.05, 3.63) is 42.1 Å². The van der Waals surface area contributed by atoms with Gasteiger partial charge in [-0.2, -0.15) is 0 Å². The third-order valence-electron chi connectivity index (χ3n) is 3.68. The standard InChI is InChI=1S/C16H20N2O/c1-4-15-9-13(5-6-16(15)18-7-1)10-17-11-14-3-2-8-19-12-14/h1,4-7,9,14,17H,2-3,8,10-12H2. The molecule has 1 aliphatic rings. The number of hydrogen-bond acceptors (Lipinski definition) is 3. The van der Waals surface area contributed by atoms with Crippen LogP contribution in [0.3, 0.4) is 0 Å². The zero-order valence-corrected chi connectivity index (χ0v) is 11.1. The summed E-state index contributed by atoms with van der Waals surface area (Å²) in [7, 11) is 0. The predicted molar refractivity (Wildman–Crippen MR) is 77.0 cm³/mol. The van der Waals surface area contributed by atoms with Crippen molar-refractivity contribution in [2.45, 2.75) is 19.4 Å². The minimum Gasteiger partial charge on any atom is -0.381 e. The van der Waals surface area contributed by atoms with Crippen LogP contribution in [-0.2, 0) is 11.3 Å². The van der Waals surface area contributed by atoms with Crippen molar-refractivity contribution in [3.63, 3.8) is 0 Å². The van der Waals surface area contributed by atoms with Gasteiger partial charge in [0.1, 0.15) is 0 Å². The fourth-order valence-corrected chi connectivity index (χ4v) is 2.62. The summed E-state index contributed by atoms with van der Waals surface area (Å²) >= 11 is 0. The van der Waals surface area contributed by atoms with Crippen LogP contribution in [0.25, 0.3) is 10.9 Å². The van der Waals surface area contributed by atoms with Crippen LogP contribution in [0.1, 0.15) is 18.4 Å². The van der Waals surface area contributed by atoms with Crippen molar-refractivity contribution >= 4 is 10.9 Å². The molecule has 0 saturated carbocycles. The molecule has 1 aliphatic heterocycles. The van der Waals surface area contributed by atoms with Crippen LogP contribution in [0.2, 0.25) is 0 Å². The van der Waals surface area contributed by atoms with E-state index >= 15 is 0 Å². The number of nitrogens with zero attached hydrogens (tertiary/aromatic N) is 1. The molecule has 0 radical (unpaired) electrons. The molecule has 1 N–H and O–H groups in total. The van der Waals surface area contributed by atoms with Gasteiger partial charge in [-0.25, -0.2) is 0 Å². The van der Waals surface area contributed by atoms with E-state index in [2.05, 4.69) is 34.6 Å². The largest absolute Gasteiger partial charge is 0.381 e. The summed E-state index contributed by atoms with van der Waals surface area (Å²) in [5, 5.41) is 4.75. The zero-order valence-electron chi connectivity index (χ0n) is 11.1. The lowest BCUT2D eigenvalue weighted by Crippen LogP contribution is -2.28. The Morgan fingerprint density at radius 2 is 2.32 bits per heavy atom. The first-order valence-corrected chi connectivity index (χ1v) is 7.04. The Bertz CT molecular complexity index is 535. The van der Waals surface area contributed by atoms with E-state index in [0.717, 1.165) is 31.8 Å². The highest BCUT2D eigenvalue weighted by Crippen LogP contribution is 2.14. The van der Waals surface area contributed by atoms with Crippen LogP contribution >= 0.6 is 0 Å². The van der Waals surface area contributed by atoms with Crippen molar-refractivity contribution in [1.82, 2.24) is 10.3 Å². The summed E-state index contributed by atoms with van der Waals surface area (Å²) in [6, 6.07) is 10.6. The molecule has 2 heterocycles. The molecule has 1 aromatic carbocycles. The summed E-state index contributed by atoms with van der Waals surface area (Å²) < 4.78 is 5.49. The molecule has 3 rings (SSSR count). The van der Waals surface area contributed by atoms with Crippen LogP contribution in [0, 0.1) is 5.92 Å². The van der Waals surface area contributed by atoms with Gasteiger partial charge in [-0.3, -0.25) is 4.98 Å². The second kappa shape index (κ2) is 6.13. The summed E-state index contributed by atoms with van der Waals surface area (Å²) in [6.45, 7) is 3.81. The van der Waals surface area contributed by atoms with E-state index in [0.29, 0.717) is 5.92 Å². The van der Waals surface area contributed by atoms with Crippen LogP contribution in [0.4, 0.5) is 0 Å². The quantitative estimate of drug-likeness (QED) is 0.913. The highest BCUT2D eigenvalue weighted by molar-refractivity contribution is 5.78. The van der Waals surface area contributed by atoms with Crippen LogP contribution in [0.5, 0.6) is 0 Å². The minimum absolute atomic E-state index is 0.677. The topological polar surface area (TPSA) is 34.2 Å². The average molecular weight is 256 g/mol. The molecule has 0 spiro atoms. The summed E-state index contributed by atoms with van der Waals surface area (Å²) in [4.78, 5) is 4.34. The fourth-order valence-electron chi connectivity index (χ4n) is 2.62. The summed E-state index contributed by atoms with van der Waals surface area (Å²) in [5.41, 5.74) is 2.38. The summed E-state index contributed by atoms with van der Waals surface area (Å²) in [6.07, 6.45) is 4.33. The molecular formula is C16H20N2O. The van der Waals surface area contributed by atoms with Gasteiger partial charge in [0, 0.05) is 31.3 Å². The highest BCUT2D eigenvalue weighted by atomic mass is 16.5. The second-order valence-electron chi connectivity index (χ2n) is 5.24. The van der Waals surface area contributed by atoms with Gasteiger partial charge in [-0.15, -0.1) is 0 Å². The number of fused-ring (bicyclic) bond motifs is 1. The van der Waals surface area contributed by atoms with Crippen molar-refractivity contribution in [3.8, 4) is 0 Å². The number of ether oxygens (including phenoxy) is 1. The lowest BCUT2D eigenvalue weighted by atomic mass is 10.0. The molecule has 0 aliphatic carbocycles. The molecule has 1 saturated heterocycles. The molecular weight excluding hydrogens is 236 g/mol. The Balaban J connectivity index is 1.56. The van der Waals surface area contributed by atoms with Crippen LogP contribution in [-0.4, -0.2) is 24.7 Å². The fraction of sp³-hybridized carbons (Fsp3) is 0.438. The molecule has 1 fully saturated rings. The number of pyridine rings is 1. The van der Waals surface area contributed by atoms with Gasteiger partial charge in [0.2, 0.25) is 0 Å². The van der Waals surface area contributed by atoms with E-state index in [-0.39, 0.29) is 0 Å². The molecule has 3 heteroatoms. The Labute approximate surface area is 114 Å². The number of aromatic nitrogens is 1. The van der Waals surface area contributed by atoms with E-state index in [4.69, 9.17) is 4.74 Å². The molecule has 19 heavy (non-hydrogen) atoms. The highest BCUT2D eigenvalue weighted by Gasteiger charge is 2.12. The van der Waals surface area contributed by atoms with Gasteiger partial charge in [-0.1, -0.05) is 12.1 Å². The molecule has 100 valence electrons. The molecule has 1 unspecified atom stereocenters. The smallest absolute Gasteiger partial charge is 0.0702 e. The van der Waals surface area contributed by atoms with Crippen molar-refractivity contribution in [2.24, 2.45) is 5.92 Å². The van der Waals surface area contributed by atoms with Gasteiger partial charge in [0.25, 0.3) is 0 Å².